The number of nitrogens with zero attached hydrogens (tertiary/aromatic N) is 1. The van der Waals surface area contributed by atoms with Crippen molar-refractivity contribution < 1.29 is 13.2 Å². The molecule has 0 atom stereocenters. The number of likely N-dealkylation sites (tertiary alicyclic amines) is 1. The third-order valence-corrected chi connectivity index (χ3v) is 5.08. The summed E-state index contributed by atoms with van der Waals surface area (Å²) < 4.78 is 23.2. The third-order valence-electron chi connectivity index (χ3n) is 3.70. The number of amides is 1. The lowest BCUT2D eigenvalue weighted by Gasteiger charge is -2.30. The van der Waals surface area contributed by atoms with Crippen LogP contribution in [-0.2, 0) is 9.05 Å². The Morgan fingerprint density at radius 2 is 1.90 bits per heavy atom. The Morgan fingerprint density at radius 1 is 1.30 bits per heavy atom. The van der Waals surface area contributed by atoms with E-state index < -0.39 is 9.05 Å². The Hall–Kier alpha value is -1.07. The van der Waals surface area contributed by atoms with Gasteiger partial charge in [0.05, 0.1) is 10.5 Å². The highest BCUT2D eigenvalue weighted by Gasteiger charge is 2.26. The van der Waals surface area contributed by atoms with Gasteiger partial charge in [-0.15, -0.1) is 0 Å². The summed E-state index contributed by atoms with van der Waals surface area (Å²) in [6.45, 7) is 5.30. The van der Waals surface area contributed by atoms with Crippen molar-refractivity contribution in [2.45, 2.75) is 31.6 Å². The molecule has 0 bridgehead atoms. The number of carbonyl (C=O) groups excluding carboxylic acids is 1. The number of hydrogen-bond donors (Lipinski definition) is 0. The van der Waals surface area contributed by atoms with Crippen LogP contribution < -0.4 is 0 Å². The fourth-order valence-corrected chi connectivity index (χ4v) is 3.45. The lowest BCUT2D eigenvalue weighted by molar-refractivity contribution is 0.0693. The molecule has 1 fully saturated rings. The molecule has 1 aliphatic heterocycles. The van der Waals surface area contributed by atoms with Crippen LogP contribution in [-0.4, -0.2) is 32.3 Å². The van der Waals surface area contributed by atoms with Crippen molar-refractivity contribution in [3.05, 3.63) is 29.3 Å². The Morgan fingerprint density at radius 3 is 2.45 bits per heavy atom. The van der Waals surface area contributed by atoms with Gasteiger partial charge in [-0.2, -0.15) is 0 Å². The topological polar surface area (TPSA) is 54.5 Å². The first-order valence-corrected chi connectivity index (χ1v) is 8.94. The van der Waals surface area contributed by atoms with E-state index in [0.717, 1.165) is 18.4 Å². The largest absolute Gasteiger partial charge is 0.339 e. The van der Waals surface area contributed by atoms with Gasteiger partial charge in [0.15, 0.2) is 0 Å². The average Bonchev–Trinajstić information content (AvgIpc) is 2.37. The van der Waals surface area contributed by atoms with Crippen LogP contribution in [0.4, 0.5) is 0 Å². The standard InChI is InChI=1S/C14H18ClNO3S/c1-10-5-7-16(8-6-10)14(17)12-9-11(2)3-4-13(12)20(15,18)19/h3-4,9-10H,5-8H2,1-2H3. The SMILES string of the molecule is Cc1ccc(S(=O)(=O)Cl)c(C(=O)N2CCC(C)CC2)c1. The first-order chi connectivity index (χ1) is 9.29. The molecule has 1 aromatic rings. The number of piperidine rings is 1. The fourth-order valence-electron chi connectivity index (χ4n) is 2.41. The summed E-state index contributed by atoms with van der Waals surface area (Å²) >= 11 is 0. The normalized spacial score (nSPS) is 17.2. The second-order valence-corrected chi connectivity index (χ2v) is 7.95. The zero-order chi connectivity index (χ0) is 14.9. The molecule has 0 unspecified atom stereocenters. The first-order valence-electron chi connectivity index (χ1n) is 6.63. The zero-order valence-corrected chi connectivity index (χ0v) is 13.2. The van der Waals surface area contributed by atoms with Crippen LogP contribution in [0.15, 0.2) is 23.1 Å². The van der Waals surface area contributed by atoms with Crippen molar-refractivity contribution in [2.24, 2.45) is 5.92 Å². The molecule has 1 saturated heterocycles. The smallest absolute Gasteiger partial charge is 0.262 e. The van der Waals surface area contributed by atoms with Gasteiger partial charge in [0.1, 0.15) is 0 Å². The quantitative estimate of drug-likeness (QED) is 0.789. The van der Waals surface area contributed by atoms with E-state index in [9.17, 15) is 13.2 Å². The summed E-state index contributed by atoms with van der Waals surface area (Å²) in [6, 6.07) is 4.64. The van der Waals surface area contributed by atoms with E-state index in [1.165, 1.54) is 6.07 Å². The van der Waals surface area contributed by atoms with Crippen molar-refractivity contribution in [1.82, 2.24) is 4.90 Å². The second kappa shape index (κ2) is 5.74. The van der Waals surface area contributed by atoms with Crippen molar-refractivity contribution in [3.8, 4) is 0 Å². The van der Waals surface area contributed by atoms with Crippen LogP contribution in [0.5, 0.6) is 0 Å². The maximum Gasteiger partial charge on any atom is 0.262 e. The molecule has 4 nitrogen and oxygen atoms in total. The third kappa shape index (κ3) is 3.33. The minimum atomic E-state index is -3.92. The molecule has 0 saturated carbocycles. The lowest BCUT2D eigenvalue weighted by Crippen LogP contribution is -2.38. The van der Waals surface area contributed by atoms with Gasteiger partial charge >= 0.3 is 0 Å². The molecule has 1 aliphatic rings. The molecule has 1 amide bonds. The predicted molar refractivity (Wildman–Crippen MR) is 78.5 cm³/mol. The van der Waals surface area contributed by atoms with Gasteiger partial charge in [0, 0.05) is 23.8 Å². The average molecular weight is 316 g/mol. The summed E-state index contributed by atoms with van der Waals surface area (Å²) in [5.74, 6) is 0.354. The van der Waals surface area contributed by atoms with Crippen LogP contribution in [0.1, 0.15) is 35.7 Å². The van der Waals surface area contributed by atoms with Gasteiger partial charge in [0.25, 0.3) is 15.0 Å². The molecule has 0 spiro atoms. The molecule has 6 heteroatoms. The molecule has 0 aromatic heterocycles. The minimum absolute atomic E-state index is 0.103. The lowest BCUT2D eigenvalue weighted by atomic mass is 9.98. The van der Waals surface area contributed by atoms with Crippen molar-refractivity contribution in [1.29, 1.82) is 0 Å². The molecule has 110 valence electrons. The molecular formula is C14H18ClNO3S. The van der Waals surface area contributed by atoms with Crippen molar-refractivity contribution >= 4 is 25.6 Å². The summed E-state index contributed by atoms with van der Waals surface area (Å²) in [5, 5.41) is 0. The highest BCUT2D eigenvalue weighted by molar-refractivity contribution is 8.13. The van der Waals surface area contributed by atoms with E-state index in [0.29, 0.717) is 19.0 Å². The van der Waals surface area contributed by atoms with Gasteiger partial charge in [-0.1, -0.05) is 18.6 Å². The van der Waals surface area contributed by atoms with Crippen molar-refractivity contribution in [2.75, 3.05) is 13.1 Å². The maximum atomic E-state index is 12.5. The zero-order valence-electron chi connectivity index (χ0n) is 11.6. The van der Waals surface area contributed by atoms with Crippen LogP contribution in [0.3, 0.4) is 0 Å². The molecule has 20 heavy (non-hydrogen) atoms. The minimum Gasteiger partial charge on any atom is -0.339 e. The van der Waals surface area contributed by atoms with Crippen LogP contribution >= 0.6 is 10.7 Å². The molecule has 2 rings (SSSR count). The summed E-state index contributed by atoms with van der Waals surface area (Å²) in [7, 11) is 1.50. The van der Waals surface area contributed by atoms with E-state index in [1.807, 2.05) is 6.92 Å². The van der Waals surface area contributed by atoms with Crippen LogP contribution in [0.2, 0.25) is 0 Å². The van der Waals surface area contributed by atoms with Gasteiger partial charge < -0.3 is 4.90 Å². The maximum absolute atomic E-state index is 12.5. The number of hydrogen-bond acceptors (Lipinski definition) is 3. The van der Waals surface area contributed by atoms with Crippen LogP contribution in [0.25, 0.3) is 0 Å². The van der Waals surface area contributed by atoms with Crippen LogP contribution in [0, 0.1) is 12.8 Å². The Bertz CT molecular complexity index is 619. The van der Waals surface area contributed by atoms with Gasteiger partial charge in [-0.05, 0) is 37.8 Å². The highest BCUT2D eigenvalue weighted by Crippen LogP contribution is 2.25. The molecule has 0 aliphatic carbocycles. The Labute approximate surface area is 124 Å². The van der Waals surface area contributed by atoms with Gasteiger partial charge in [-0.3, -0.25) is 4.79 Å². The van der Waals surface area contributed by atoms with E-state index in [2.05, 4.69) is 6.92 Å². The Balaban J connectivity index is 2.36. The number of aryl methyl sites for hydroxylation is 1. The van der Waals surface area contributed by atoms with E-state index in [-0.39, 0.29) is 16.4 Å². The molecule has 1 heterocycles. The molecule has 0 N–H and O–H groups in total. The second-order valence-electron chi connectivity index (χ2n) is 5.41. The fraction of sp³-hybridized carbons (Fsp3) is 0.500. The number of rotatable bonds is 2. The summed E-state index contributed by atoms with van der Waals surface area (Å²) in [6.07, 6.45) is 1.89. The molecular weight excluding hydrogens is 298 g/mol. The Kier molecular flexibility index (Phi) is 4.39. The first kappa shape index (κ1) is 15.3. The monoisotopic (exact) mass is 315 g/mol. The predicted octanol–water partition coefficient (Wildman–Crippen LogP) is 2.79. The highest BCUT2D eigenvalue weighted by atomic mass is 35.7. The van der Waals surface area contributed by atoms with E-state index >= 15 is 0 Å². The number of carbonyl (C=O) groups is 1. The van der Waals surface area contributed by atoms with Gasteiger partial charge in [-0.25, -0.2) is 8.42 Å². The number of halogens is 1. The van der Waals surface area contributed by atoms with E-state index in [4.69, 9.17) is 10.7 Å². The summed E-state index contributed by atoms with van der Waals surface area (Å²) in [4.78, 5) is 14.1. The number of benzene rings is 1. The summed E-state index contributed by atoms with van der Waals surface area (Å²) in [5.41, 5.74) is 1.01. The molecule has 1 aromatic carbocycles. The van der Waals surface area contributed by atoms with Crippen molar-refractivity contribution in [3.63, 3.8) is 0 Å². The molecule has 0 radical (unpaired) electrons. The van der Waals surface area contributed by atoms with E-state index in [1.54, 1.807) is 17.0 Å². The van der Waals surface area contributed by atoms with Gasteiger partial charge in [0.2, 0.25) is 0 Å².